The number of piperidine rings is 1. The van der Waals surface area contributed by atoms with Crippen LogP contribution in [0.4, 0.5) is 0 Å². The van der Waals surface area contributed by atoms with Crippen LogP contribution in [0.2, 0.25) is 5.15 Å². The van der Waals surface area contributed by atoms with Crippen molar-refractivity contribution in [3.05, 3.63) is 64.9 Å². The number of aromatic nitrogens is 1. The van der Waals surface area contributed by atoms with Gasteiger partial charge in [0.05, 0.1) is 0 Å². The number of likely N-dealkylation sites (tertiary alicyclic amines) is 1. The number of aryl methyl sites for hydroxylation is 1. The molecular formula is C21H26ClN3O. The Bertz CT molecular complexity index is 699. The molecule has 1 aromatic heterocycles. The van der Waals surface area contributed by atoms with Gasteiger partial charge in [0.15, 0.2) is 0 Å². The topological polar surface area (TPSA) is 45.2 Å². The van der Waals surface area contributed by atoms with Gasteiger partial charge in [-0.3, -0.25) is 4.79 Å². The molecule has 0 saturated carbocycles. The summed E-state index contributed by atoms with van der Waals surface area (Å²) < 4.78 is 0. The number of hydrogen-bond acceptors (Lipinski definition) is 3. The molecule has 1 aliphatic rings. The molecule has 0 aliphatic carbocycles. The molecule has 1 aromatic carbocycles. The quantitative estimate of drug-likeness (QED) is 0.753. The van der Waals surface area contributed by atoms with Gasteiger partial charge in [0.2, 0.25) is 0 Å². The minimum Gasteiger partial charge on any atom is -0.349 e. The van der Waals surface area contributed by atoms with Gasteiger partial charge in [0, 0.05) is 13.1 Å². The molecule has 26 heavy (non-hydrogen) atoms. The van der Waals surface area contributed by atoms with Crippen molar-refractivity contribution in [3.63, 3.8) is 0 Å². The van der Waals surface area contributed by atoms with Gasteiger partial charge in [-0.05, 0) is 62.4 Å². The summed E-state index contributed by atoms with van der Waals surface area (Å²) in [7, 11) is 0. The Kier molecular flexibility index (Phi) is 7.04. The molecular weight excluding hydrogens is 346 g/mol. The number of rotatable bonds is 7. The molecule has 0 spiro atoms. The van der Waals surface area contributed by atoms with Crippen LogP contribution in [0.1, 0.15) is 35.3 Å². The summed E-state index contributed by atoms with van der Waals surface area (Å²) in [5.74, 6) is 0.655. The van der Waals surface area contributed by atoms with E-state index in [0.29, 0.717) is 17.4 Å². The van der Waals surface area contributed by atoms with E-state index in [-0.39, 0.29) is 5.91 Å². The van der Waals surface area contributed by atoms with Crippen molar-refractivity contribution < 1.29 is 4.79 Å². The molecule has 1 N–H and O–H groups in total. The van der Waals surface area contributed by atoms with Gasteiger partial charge in [0.1, 0.15) is 10.8 Å². The highest BCUT2D eigenvalue weighted by Crippen LogP contribution is 2.22. The van der Waals surface area contributed by atoms with Crippen molar-refractivity contribution in [2.24, 2.45) is 5.92 Å². The van der Waals surface area contributed by atoms with E-state index in [0.717, 1.165) is 25.6 Å². The molecule has 1 saturated heterocycles. The Morgan fingerprint density at radius 1 is 1.12 bits per heavy atom. The fraction of sp³-hybridized carbons (Fsp3) is 0.429. The maximum Gasteiger partial charge on any atom is 0.269 e. The lowest BCUT2D eigenvalue weighted by atomic mass is 9.90. The van der Waals surface area contributed by atoms with Gasteiger partial charge in [-0.25, -0.2) is 4.98 Å². The van der Waals surface area contributed by atoms with E-state index in [1.54, 1.807) is 18.2 Å². The molecule has 5 heteroatoms. The van der Waals surface area contributed by atoms with E-state index in [2.05, 4.69) is 45.5 Å². The van der Waals surface area contributed by atoms with Gasteiger partial charge in [0.25, 0.3) is 5.91 Å². The predicted octanol–water partition coefficient (Wildman–Crippen LogP) is 3.81. The third-order valence-electron chi connectivity index (χ3n) is 5.05. The van der Waals surface area contributed by atoms with Crippen LogP contribution in [0.5, 0.6) is 0 Å². The first-order chi connectivity index (χ1) is 12.7. The summed E-state index contributed by atoms with van der Waals surface area (Å²) in [6.07, 6.45) is 4.94. The lowest BCUT2D eigenvalue weighted by molar-refractivity contribution is 0.0938. The normalized spacial score (nSPS) is 15.7. The molecule has 0 bridgehead atoms. The summed E-state index contributed by atoms with van der Waals surface area (Å²) in [6, 6.07) is 15.8. The third-order valence-corrected chi connectivity index (χ3v) is 5.26. The van der Waals surface area contributed by atoms with E-state index >= 15 is 0 Å². The van der Waals surface area contributed by atoms with Crippen LogP contribution in [0, 0.1) is 5.92 Å². The molecule has 2 aromatic rings. The Balaban J connectivity index is 1.32. The van der Waals surface area contributed by atoms with Crippen LogP contribution in [0.3, 0.4) is 0 Å². The number of carbonyl (C=O) groups is 1. The van der Waals surface area contributed by atoms with E-state index in [4.69, 9.17) is 11.6 Å². The zero-order chi connectivity index (χ0) is 18.2. The standard InChI is InChI=1S/C21H26ClN3O/c22-20-8-4-7-19(24-20)21(26)23-13-16-25-14-11-18(12-15-25)10-9-17-5-2-1-3-6-17/h1-8,18H,9-16H2,(H,23,26). The van der Waals surface area contributed by atoms with E-state index in [1.165, 1.54) is 31.2 Å². The van der Waals surface area contributed by atoms with Crippen LogP contribution in [0.25, 0.3) is 0 Å². The summed E-state index contributed by atoms with van der Waals surface area (Å²) in [5.41, 5.74) is 1.81. The molecule has 0 radical (unpaired) electrons. The van der Waals surface area contributed by atoms with Crippen LogP contribution >= 0.6 is 11.6 Å². The highest BCUT2D eigenvalue weighted by Gasteiger charge is 2.19. The second-order valence-electron chi connectivity index (χ2n) is 6.91. The van der Waals surface area contributed by atoms with Gasteiger partial charge in [-0.2, -0.15) is 0 Å². The minimum atomic E-state index is -0.162. The number of nitrogens with one attached hydrogen (secondary N) is 1. The van der Waals surface area contributed by atoms with Crippen molar-refractivity contribution in [2.45, 2.75) is 25.7 Å². The van der Waals surface area contributed by atoms with E-state index < -0.39 is 0 Å². The van der Waals surface area contributed by atoms with Crippen molar-refractivity contribution in [1.82, 2.24) is 15.2 Å². The SMILES string of the molecule is O=C(NCCN1CCC(CCc2ccccc2)CC1)c1cccc(Cl)n1. The Morgan fingerprint density at radius 2 is 1.88 bits per heavy atom. The maximum absolute atomic E-state index is 12.1. The fourth-order valence-electron chi connectivity index (χ4n) is 3.47. The molecule has 3 rings (SSSR count). The molecule has 1 amide bonds. The van der Waals surface area contributed by atoms with E-state index in [1.807, 2.05) is 0 Å². The highest BCUT2D eigenvalue weighted by atomic mass is 35.5. The smallest absolute Gasteiger partial charge is 0.269 e. The predicted molar refractivity (Wildman–Crippen MR) is 106 cm³/mol. The van der Waals surface area contributed by atoms with Crippen molar-refractivity contribution in [1.29, 1.82) is 0 Å². The number of hydrogen-bond donors (Lipinski definition) is 1. The van der Waals surface area contributed by atoms with Gasteiger partial charge in [-0.15, -0.1) is 0 Å². The average Bonchev–Trinajstić information content (AvgIpc) is 2.68. The number of amides is 1. The minimum absolute atomic E-state index is 0.162. The number of benzene rings is 1. The number of pyridine rings is 1. The zero-order valence-electron chi connectivity index (χ0n) is 15.0. The molecule has 0 unspecified atom stereocenters. The monoisotopic (exact) mass is 371 g/mol. The second-order valence-corrected chi connectivity index (χ2v) is 7.30. The Hall–Kier alpha value is -1.91. The molecule has 1 aliphatic heterocycles. The highest BCUT2D eigenvalue weighted by molar-refractivity contribution is 6.29. The fourth-order valence-corrected chi connectivity index (χ4v) is 3.63. The lowest BCUT2D eigenvalue weighted by Crippen LogP contribution is -2.39. The summed E-state index contributed by atoms with van der Waals surface area (Å²) in [6.45, 7) is 3.76. The first-order valence-corrected chi connectivity index (χ1v) is 9.75. The van der Waals surface area contributed by atoms with Crippen molar-refractivity contribution in [2.75, 3.05) is 26.2 Å². The van der Waals surface area contributed by atoms with Crippen molar-refractivity contribution >= 4 is 17.5 Å². The van der Waals surface area contributed by atoms with Crippen LogP contribution in [0.15, 0.2) is 48.5 Å². The number of nitrogens with zero attached hydrogens (tertiary/aromatic N) is 2. The third kappa shape index (κ3) is 5.82. The van der Waals surface area contributed by atoms with Crippen LogP contribution in [-0.4, -0.2) is 42.0 Å². The van der Waals surface area contributed by atoms with Crippen LogP contribution < -0.4 is 5.32 Å². The first-order valence-electron chi connectivity index (χ1n) is 9.38. The zero-order valence-corrected chi connectivity index (χ0v) is 15.8. The number of halogens is 1. The van der Waals surface area contributed by atoms with Gasteiger partial charge in [-0.1, -0.05) is 48.0 Å². The maximum atomic E-state index is 12.1. The molecule has 1 fully saturated rings. The number of carbonyl (C=O) groups excluding carboxylic acids is 1. The second kappa shape index (κ2) is 9.70. The molecule has 0 atom stereocenters. The Morgan fingerprint density at radius 3 is 2.62 bits per heavy atom. The van der Waals surface area contributed by atoms with Gasteiger partial charge >= 0.3 is 0 Å². The molecule has 138 valence electrons. The van der Waals surface area contributed by atoms with Crippen LogP contribution in [-0.2, 0) is 6.42 Å². The Labute approximate surface area is 160 Å². The first kappa shape index (κ1) is 18.9. The molecule has 2 heterocycles. The van der Waals surface area contributed by atoms with Crippen molar-refractivity contribution in [3.8, 4) is 0 Å². The summed E-state index contributed by atoms with van der Waals surface area (Å²) >= 11 is 5.82. The van der Waals surface area contributed by atoms with Gasteiger partial charge < -0.3 is 10.2 Å². The van der Waals surface area contributed by atoms with E-state index in [9.17, 15) is 4.79 Å². The average molecular weight is 372 g/mol. The summed E-state index contributed by atoms with van der Waals surface area (Å²) in [4.78, 5) is 18.5. The lowest BCUT2D eigenvalue weighted by Gasteiger charge is -2.32. The largest absolute Gasteiger partial charge is 0.349 e. The molecule has 4 nitrogen and oxygen atoms in total. The summed E-state index contributed by atoms with van der Waals surface area (Å²) in [5, 5.41) is 3.27.